The van der Waals surface area contributed by atoms with Gasteiger partial charge in [-0.05, 0) is 65.6 Å². The molecule has 4 rings (SSSR count). The first-order chi connectivity index (χ1) is 14.0. The molecule has 1 aliphatic rings. The molecule has 1 heterocycles. The molecule has 5 nitrogen and oxygen atoms in total. The van der Waals surface area contributed by atoms with Crippen molar-refractivity contribution in [2.24, 2.45) is 0 Å². The van der Waals surface area contributed by atoms with Gasteiger partial charge in [0.05, 0.1) is 11.6 Å². The number of aromatic amines is 1. The largest absolute Gasteiger partial charge is 0.506 e. The summed E-state index contributed by atoms with van der Waals surface area (Å²) in [6.45, 7) is 4.82. The summed E-state index contributed by atoms with van der Waals surface area (Å²) in [5.41, 5.74) is 6.59. The van der Waals surface area contributed by atoms with Crippen molar-refractivity contribution in [2.45, 2.75) is 51.7 Å². The molecule has 4 N–H and O–H groups in total. The normalized spacial score (nSPS) is 14.5. The second-order valence-corrected chi connectivity index (χ2v) is 7.86. The molecule has 2 aromatic carbocycles. The Morgan fingerprint density at radius 3 is 2.27 bits per heavy atom. The summed E-state index contributed by atoms with van der Waals surface area (Å²) in [5.74, 6) is 0.00652. The van der Waals surface area contributed by atoms with Crippen molar-refractivity contribution >= 4 is 23.3 Å². The summed E-state index contributed by atoms with van der Waals surface area (Å²) in [6, 6.07) is 11.1. The lowest BCUT2D eigenvalue weighted by atomic mass is 9.96. The molecule has 3 aromatic rings. The topological polar surface area (TPSA) is 85.3 Å². The Bertz CT molecular complexity index is 1080. The average Bonchev–Trinajstić information content (AvgIpc) is 3.16. The van der Waals surface area contributed by atoms with Crippen LogP contribution in [0, 0.1) is 0 Å². The number of hydrogen-bond donors (Lipinski definition) is 4. The van der Waals surface area contributed by atoms with E-state index in [1.165, 1.54) is 34.4 Å². The van der Waals surface area contributed by atoms with Crippen molar-refractivity contribution in [3.8, 4) is 5.75 Å². The quantitative estimate of drug-likeness (QED) is 0.483. The van der Waals surface area contributed by atoms with Crippen molar-refractivity contribution in [1.82, 2.24) is 10.3 Å². The number of aromatic nitrogens is 1. The van der Waals surface area contributed by atoms with Crippen LogP contribution in [0.1, 0.15) is 47.8 Å². The highest BCUT2D eigenvalue weighted by Crippen LogP contribution is 2.31. The monoisotopic (exact) mass is 428 g/mol. The smallest absolute Gasteiger partial charge is 0.248 e. The molecule has 0 spiro atoms. The van der Waals surface area contributed by atoms with Gasteiger partial charge in [-0.2, -0.15) is 0 Å². The third-order valence-electron chi connectivity index (χ3n) is 6.15. The van der Waals surface area contributed by atoms with E-state index in [9.17, 15) is 15.0 Å². The summed E-state index contributed by atoms with van der Waals surface area (Å²) >= 11 is 0. The first-order valence-corrected chi connectivity index (χ1v) is 10.4. The number of phenolic OH excluding ortho intramolecular Hbond substituents is 1. The Labute approximate surface area is 182 Å². The molecule has 1 aromatic heterocycles. The molecular formula is C24H29ClN2O3. The lowest BCUT2D eigenvalue weighted by molar-refractivity contribution is 0.171. The summed E-state index contributed by atoms with van der Waals surface area (Å²) < 4.78 is 0. The average molecular weight is 429 g/mol. The molecule has 160 valence electrons. The number of phenols is 1. The zero-order valence-electron chi connectivity index (χ0n) is 17.4. The van der Waals surface area contributed by atoms with Gasteiger partial charge in [0.25, 0.3) is 0 Å². The van der Waals surface area contributed by atoms with Gasteiger partial charge in [0, 0.05) is 24.0 Å². The van der Waals surface area contributed by atoms with Crippen LogP contribution in [0.4, 0.5) is 0 Å². The molecule has 0 amide bonds. The highest BCUT2D eigenvalue weighted by atomic mass is 35.5. The van der Waals surface area contributed by atoms with Gasteiger partial charge in [0.2, 0.25) is 5.56 Å². The molecule has 0 fully saturated rings. The van der Waals surface area contributed by atoms with Gasteiger partial charge in [0.1, 0.15) is 5.75 Å². The number of halogens is 1. The van der Waals surface area contributed by atoms with Crippen LogP contribution in [0.2, 0.25) is 0 Å². The second-order valence-electron chi connectivity index (χ2n) is 7.86. The SMILES string of the molecule is CCc1ccc(CC)c2c1CC(NC[C@@H](O)c1ccc(O)c3[nH]c(=O)ccc13)C2.Cl. The molecule has 6 heteroatoms. The Morgan fingerprint density at radius 2 is 1.67 bits per heavy atom. The maximum Gasteiger partial charge on any atom is 0.248 e. The summed E-state index contributed by atoms with van der Waals surface area (Å²) in [4.78, 5) is 14.2. The van der Waals surface area contributed by atoms with Gasteiger partial charge in [-0.3, -0.25) is 4.79 Å². The van der Waals surface area contributed by atoms with Crippen LogP contribution < -0.4 is 10.9 Å². The van der Waals surface area contributed by atoms with E-state index in [0.29, 0.717) is 29.1 Å². The van der Waals surface area contributed by atoms with E-state index < -0.39 is 6.10 Å². The Balaban J connectivity index is 0.00000256. The highest BCUT2D eigenvalue weighted by Gasteiger charge is 2.26. The predicted octanol–water partition coefficient (Wildman–Crippen LogP) is 3.57. The van der Waals surface area contributed by atoms with Gasteiger partial charge < -0.3 is 20.5 Å². The van der Waals surface area contributed by atoms with Crippen molar-refractivity contribution < 1.29 is 10.2 Å². The fourth-order valence-corrected chi connectivity index (χ4v) is 4.61. The van der Waals surface area contributed by atoms with Crippen LogP contribution in [0.5, 0.6) is 5.75 Å². The number of aliphatic hydroxyl groups excluding tert-OH is 1. The van der Waals surface area contributed by atoms with Crippen molar-refractivity contribution in [1.29, 1.82) is 0 Å². The molecule has 0 radical (unpaired) electrons. The van der Waals surface area contributed by atoms with Crippen molar-refractivity contribution in [2.75, 3.05) is 6.54 Å². The number of pyridine rings is 1. The molecule has 0 saturated heterocycles. The van der Waals surface area contributed by atoms with Gasteiger partial charge in [-0.1, -0.05) is 32.0 Å². The first kappa shape index (κ1) is 22.3. The first-order valence-electron chi connectivity index (χ1n) is 10.4. The van der Waals surface area contributed by atoms with E-state index >= 15 is 0 Å². The van der Waals surface area contributed by atoms with Crippen LogP contribution in [-0.4, -0.2) is 27.8 Å². The molecular weight excluding hydrogens is 400 g/mol. The minimum atomic E-state index is -0.732. The summed E-state index contributed by atoms with van der Waals surface area (Å²) in [7, 11) is 0. The molecule has 0 aliphatic heterocycles. The molecule has 1 atom stereocenters. The third-order valence-corrected chi connectivity index (χ3v) is 6.15. The van der Waals surface area contributed by atoms with Crippen LogP contribution in [0.25, 0.3) is 10.9 Å². The Hall–Kier alpha value is -2.34. The number of benzene rings is 2. The molecule has 0 bridgehead atoms. The zero-order chi connectivity index (χ0) is 20.5. The number of fused-ring (bicyclic) bond motifs is 2. The van der Waals surface area contributed by atoms with Gasteiger partial charge in [0.15, 0.2) is 0 Å². The second kappa shape index (κ2) is 9.21. The maximum absolute atomic E-state index is 11.6. The van der Waals surface area contributed by atoms with E-state index in [4.69, 9.17) is 0 Å². The van der Waals surface area contributed by atoms with Crippen LogP contribution in [0.3, 0.4) is 0 Å². The number of nitrogens with one attached hydrogen (secondary N) is 2. The molecule has 30 heavy (non-hydrogen) atoms. The van der Waals surface area contributed by atoms with Crippen LogP contribution in [-0.2, 0) is 25.7 Å². The van der Waals surface area contributed by atoms with E-state index in [-0.39, 0.29) is 23.7 Å². The number of rotatable bonds is 6. The van der Waals surface area contributed by atoms with Gasteiger partial charge in [-0.15, -0.1) is 12.4 Å². The van der Waals surface area contributed by atoms with Gasteiger partial charge in [-0.25, -0.2) is 0 Å². The predicted molar refractivity (Wildman–Crippen MR) is 123 cm³/mol. The Kier molecular flexibility index (Phi) is 6.86. The fraction of sp³-hybridized carbons (Fsp3) is 0.375. The molecule has 0 saturated carbocycles. The lowest BCUT2D eigenvalue weighted by Crippen LogP contribution is -2.33. The van der Waals surface area contributed by atoms with Crippen molar-refractivity contribution in [3.63, 3.8) is 0 Å². The standard InChI is InChI=1S/C24H28N2O3.ClH/c1-3-14-5-6-15(4-2)20-12-16(11-19(14)20)25-13-22(28)17-7-9-21(27)24-18(17)8-10-23(29)26-24;/h5-10,16,22,25,27-28H,3-4,11-13H2,1-2H3,(H,26,29);1H/t22-;/m1./s1. The van der Waals surface area contributed by atoms with Crippen LogP contribution >= 0.6 is 12.4 Å². The number of aromatic hydroxyl groups is 1. The van der Waals surface area contributed by atoms with E-state index in [2.05, 4.69) is 36.3 Å². The molecule has 1 aliphatic carbocycles. The number of hydrogen-bond acceptors (Lipinski definition) is 4. The minimum absolute atomic E-state index is 0. The molecule has 0 unspecified atom stereocenters. The van der Waals surface area contributed by atoms with E-state index in [0.717, 1.165) is 25.7 Å². The van der Waals surface area contributed by atoms with Crippen LogP contribution in [0.15, 0.2) is 41.2 Å². The fourth-order valence-electron chi connectivity index (χ4n) is 4.61. The number of aliphatic hydroxyl groups is 1. The third kappa shape index (κ3) is 4.10. The minimum Gasteiger partial charge on any atom is -0.506 e. The number of H-pyrrole nitrogens is 1. The highest BCUT2D eigenvalue weighted by molar-refractivity contribution is 5.87. The Morgan fingerprint density at radius 1 is 1.03 bits per heavy atom. The van der Waals surface area contributed by atoms with Crippen molar-refractivity contribution in [3.05, 3.63) is 74.6 Å². The summed E-state index contributed by atoms with van der Waals surface area (Å²) in [6.07, 6.45) is 3.33. The zero-order valence-corrected chi connectivity index (χ0v) is 18.2. The number of aryl methyl sites for hydroxylation is 2. The van der Waals surface area contributed by atoms with E-state index in [1.54, 1.807) is 12.1 Å². The maximum atomic E-state index is 11.6. The lowest BCUT2D eigenvalue weighted by Gasteiger charge is -2.18. The summed E-state index contributed by atoms with van der Waals surface area (Å²) in [5, 5.41) is 25.1. The van der Waals surface area contributed by atoms with Gasteiger partial charge >= 0.3 is 0 Å². The van der Waals surface area contributed by atoms with E-state index in [1.807, 2.05) is 0 Å².